The van der Waals surface area contributed by atoms with E-state index in [1.54, 1.807) is 64.2 Å². The van der Waals surface area contributed by atoms with Gasteiger partial charge in [-0.2, -0.15) is 0 Å². The van der Waals surface area contributed by atoms with Crippen LogP contribution in [0.3, 0.4) is 0 Å². The molecular weight excluding hydrogens is 168 g/mol. The fourth-order valence-electron chi connectivity index (χ4n) is 5.53. The second kappa shape index (κ2) is 2.39. The lowest BCUT2D eigenvalue weighted by Crippen LogP contribution is -2.49. The molecule has 3 rings (SSSR count). The third-order valence-electron chi connectivity index (χ3n) is 6.52. The molecule has 0 N–H and O–H groups in total. The van der Waals surface area contributed by atoms with Gasteiger partial charge < -0.3 is 0 Å². The molecule has 3 fully saturated rings. The van der Waals surface area contributed by atoms with Crippen molar-refractivity contribution < 1.29 is 0 Å². The average molecular weight is 190 g/mol. The number of hydrogen-bond acceptors (Lipinski definition) is 0. The first-order valence-corrected chi connectivity index (χ1v) is 6.79. The van der Waals surface area contributed by atoms with Gasteiger partial charge in [-0.3, -0.25) is 0 Å². The van der Waals surface area contributed by atoms with Crippen LogP contribution in [-0.2, 0) is 0 Å². The highest BCUT2D eigenvalue weighted by atomic mass is 14.6. The molecule has 0 saturated heterocycles. The summed E-state index contributed by atoms with van der Waals surface area (Å²) in [4.78, 5) is 0. The number of rotatable bonds is 0. The molecule has 3 aliphatic rings. The first-order valence-electron chi connectivity index (χ1n) is 6.79. The molecule has 0 unspecified atom stereocenters. The van der Waals surface area contributed by atoms with Crippen LogP contribution < -0.4 is 0 Å². The highest BCUT2D eigenvalue weighted by Crippen LogP contribution is 2.66. The van der Waals surface area contributed by atoms with Crippen LogP contribution in [0.25, 0.3) is 0 Å². The largest absolute Gasteiger partial charge is 0.0496 e. The van der Waals surface area contributed by atoms with Crippen molar-refractivity contribution in [2.45, 2.75) is 64.2 Å². The molecule has 14 heavy (non-hydrogen) atoms. The summed E-state index contributed by atoms with van der Waals surface area (Å²) in [5.41, 5.74) is 1.73. The summed E-state index contributed by atoms with van der Waals surface area (Å²) in [6.07, 6.45) is 16.1. The van der Waals surface area contributed by atoms with Gasteiger partial charge in [0.15, 0.2) is 0 Å². The molecule has 3 aliphatic carbocycles. The monoisotopic (exact) mass is 190 g/mol. The maximum absolute atomic E-state index is 1.63. The Balaban J connectivity index is 1.82. The Morgan fingerprint density at radius 2 is 1.00 bits per heavy atom. The van der Waals surface area contributed by atoms with Gasteiger partial charge in [0, 0.05) is 0 Å². The van der Waals surface area contributed by atoms with Crippen LogP contribution in [-0.4, -0.2) is 0 Å². The molecule has 3 saturated carbocycles. The Morgan fingerprint density at radius 1 is 0.571 bits per heavy atom. The molecule has 0 aromatic heterocycles. The topological polar surface area (TPSA) is 0 Å². The molecule has 0 radical (unpaired) electrons. The van der Waals surface area contributed by atoms with Crippen molar-refractivity contribution in [2.75, 3.05) is 0 Å². The quantitative estimate of drug-likeness (QED) is 0.538. The van der Waals surface area contributed by atoms with Crippen LogP contribution in [0.2, 0.25) is 0 Å². The SMILES string of the molecule is C1CC23CCC4(CC[C@@H](C2)[C@H]1C4)CC3. The second-order valence-electron chi connectivity index (χ2n) is 7.01. The normalized spacial score (nSPS) is 60.0. The summed E-state index contributed by atoms with van der Waals surface area (Å²) < 4.78 is 0. The van der Waals surface area contributed by atoms with Gasteiger partial charge in [0.05, 0.1) is 0 Å². The average Bonchev–Trinajstić information content (AvgIpc) is 2.16. The lowest BCUT2D eigenvalue weighted by Gasteiger charge is -2.61. The van der Waals surface area contributed by atoms with E-state index in [1.807, 2.05) is 0 Å². The highest BCUT2D eigenvalue weighted by Gasteiger charge is 2.54. The Kier molecular flexibility index (Phi) is 1.40. The van der Waals surface area contributed by atoms with Crippen LogP contribution in [0.1, 0.15) is 64.2 Å². The maximum atomic E-state index is 1.63. The van der Waals surface area contributed by atoms with Gasteiger partial charge in [0.2, 0.25) is 0 Å². The van der Waals surface area contributed by atoms with E-state index in [0.29, 0.717) is 0 Å². The zero-order valence-corrected chi connectivity index (χ0v) is 9.23. The van der Waals surface area contributed by atoms with Crippen molar-refractivity contribution in [3.05, 3.63) is 0 Å². The molecule has 0 aliphatic heterocycles. The Bertz CT molecular complexity index is 229. The van der Waals surface area contributed by atoms with E-state index in [9.17, 15) is 0 Å². The first kappa shape index (κ1) is 8.19. The number of fused-ring (bicyclic) bond motifs is 1. The predicted molar refractivity (Wildman–Crippen MR) is 58.0 cm³/mol. The van der Waals surface area contributed by atoms with Gasteiger partial charge in [0.1, 0.15) is 0 Å². The van der Waals surface area contributed by atoms with Crippen molar-refractivity contribution in [3.8, 4) is 0 Å². The smallest absolute Gasteiger partial charge is 0.0294 e. The molecule has 0 amide bonds. The van der Waals surface area contributed by atoms with Crippen molar-refractivity contribution in [1.82, 2.24) is 0 Å². The Morgan fingerprint density at radius 3 is 1.43 bits per heavy atom. The molecule has 0 aromatic carbocycles. The fraction of sp³-hybridized carbons (Fsp3) is 1.00. The molecule has 0 heterocycles. The van der Waals surface area contributed by atoms with E-state index in [-0.39, 0.29) is 0 Å². The summed E-state index contributed by atoms with van der Waals surface area (Å²) in [6, 6.07) is 0. The van der Waals surface area contributed by atoms with Gasteiger partial charge in [-0.15, -0.1) is 0 Å². The highest BCUT2D eigenvalue weighted by molar-refractivity contribution is 5.05. The third-order valence-corrected chi connectivity index (χ3v) is 6.52. The molecule has 78 valence electrons. The van der Waals surface area contributed by atoms with Crippen LogP contribution in [0, 0.1) is 22.7 Å². The fourth-order valence-corrected chi connectivity index (χ4v) is 5.53. The van der Waals surface area contributed by atoms with E-state index in [4.69, 9.17) is 0 Å². The van der Waals surface area contributed by atoms with E-state index in [0.717, 1.165) is 22.7 Å². The Labute approximate surface area is 87.5 Å². The van der Waals surface area contributed by atoms with Crippen LogP contribution in [0.5, 0.6) is 0 Å². The van der Waals surface area contributed by atoms with Crippen molar-refractivity contribution >= 4 is 0 Å². The Hall–Kier alpha value is 0. The van der Waals surface area contributed by atoms with Gasteiger partial charge in [-0.1, -0.05) is 0 Å². The minimum atomic E-state index is 0.867. The van der Waals surface area contributed by atoms with Gasteiger partial charge in [0.25, 0.3) is 0 Å². The van der Waals surface area contributed by atoms with Gasteiger partial charge in [-0.05, 0) is 86.9 Å². The summed E-state index contributed by atoms with van der Waals surface area (Å²) in [5, 5.41) is 0. The molecule has 0 nitrogen and oxygen atoms in total. The molecule has 0 heteroatoms. The minimum absolute atomic E-state index is 0.867. The lowest BCUT2D eigenvalue weighted by atomic mass is 9.44. The lowest BCUT2D eigenvalue weighted by molar-refractivity contribution is -0.0968. The van der Waals surface area contributed by atoms with E-state index < -0.39 is 0 Å². The summed E-state index contributed by atoms with van der Waals surface area (Å²) in [5.74, 6) is 2.33. The summed E-state index contributed by atoms with van der Waals surface area (Å²) in [7, 11) is 0. The molecule has 0 aromatic rings. The van der Waals surface area contributed by atoms with Crippen molar-refractivity contribution in [3.63, 3.8) is 0 Å². The predicted octanol–water partition coefficient (Wildman–Crippen LogP) is 4.15. The van der Waals surface area contributed by atoms with Gasteiger partial charge in [-0.25, -0.2) is 0 Å². The van der Waals surface area contributed by atoms with Crippen LogP contribution in [0.15, 0.2) is 0 Å². The van der Waals surface area contributed by atoms with Crippen molar-refractivity contribution in [2.24, 2.45) is 22.7 Å². The van der Waals surface area contributed by atoms with E-state index >= 15 is 0 Å². The van der Waals surface area contributed by atoms with Gasteiger partial charge >= 0.3 is 0 Å². The summed E-state index contributed by atoms with van der Waals surface area (Å²) in [6.45, 7) is 0. The molecule has 2 spiro atoms. The second-order valence-corrected chi connectivity index (χ2v) is 7.01. The maximum Gasteiger partial charge on any atom is -0.0294 e. The summed E-state index contributed by atoms with van der Waals surface area (Å²) >= 11 is 0. The van der Waals surface area contributed by atoms with E-state index in [2.05, 4.69) is 0 Å². The molecule has 2 atom stereocenters. The van der Waals surface area contributed by atoms with Crippen LogP contribution in [0.4, 0.5) is 0 Å². The molecule has 0 bridgehead atoms. The zero-order valence-electron chi connectivity index (χ0n) is 9.23. The van der Waals surface area contributed by atoms with E-state index in [1.165, 1.54) is 0 Å². The van der Waals surface area contributed by atoms with Crippen molar-refractivity contribution in [1.29, 1.82) is 0 Å². The zero-order chi connectivity index (χ0) is 9.23. The standard InChI is InChI=1S/C14H22/c1-3-13-5-7-14(8-6-13)4-2-12(10-13)11(1)9-14/h11-12H,1-10H2/t11-,12+,13?,14?. The molecular formula is C14H22. The number of hydrogen-bond donors (Lipinski definition) is 0. The minimum Gasteiger partial charge on any atom is -0.0496 e. The first-order chi connectivity index (χ1) is 6.79. The third kappa shape index (κ3) is 0.907. The van der Waals surface area contributed by atoms with Crippen LogP contribution >= 0.6 is 0 Å².